The van der Waals surface area contributed by atoms with E-state index >= 15 is 0 Å². The monoisotopic (exact) mass is 1240 g/mol. The molecule has 3 atom stereocenters. The van der Waals surface area contributed by atoms with Gasteiger partial charge in [-0.2, -0.15) is 0 Å². The first-order chi connectivity index (χ1) is 42.4. The fourth-order valence-electron chi connectivity index (χ4n) is 11.1. The highest BCUT2D eigenvalue weighted by Gasteiger charge is 2.27. The minimum absolute atomic E-state index is 0.0217. The van der Waals surface area contributed by atoms with Crippen molar-refractivity contribution in [1.29, 1.82) is 0 Å². The zero-order chi connectivity index (χ0) is 63.5. The molecule has 10 heteroatoms. The van der Waals surface area contributed by atoms with Crippen molar-refractivity contribution >= 4 is 19.7 Å². The molecule has 0 aliphatic rings. The Morgan fingerprint density at radius 2 is 0.701 bits per heavy atom. The largest absolute Gasteiger partial charge is 0.756 e. The quantitative estimate of drug-likeness (QED) is 0.0212. The molecule has 0 rings (SSSR count). The number of likely N-dealkylation sites (N-methyl/N-ethyl adjacent to an activating group) is 1. The average Bonchev–Trinajstić information content (AvgIpc) is 3.70. The standard InChI is InChI=1S/C77H145N2O7P/c1-7-10-13-16-19-22-25-28-30-32-34-36-37-38-39-40-41-43-45-47-49-52-55-58-61-64-67-70-77(81)86-75(68-65-62-59-56-53-50-27-24-21-18-15-12-9-3)74(73-85-87(82,83)84-72-71-79(4,5)6)78-76(80)69-66-63-60-57-54-51-48-46-44-42-35-33-31-29-26-23-20-17-14-11-8-2/h19,22,28-31,34,36,65,68,74-75H,7-18,20-21,23-27,32-33,35,37-64,66-67,69-73H2,1-6H3,(H-,78,80,82,83)/b22-19-,30-28-,31-29+,36-34-,68-65-. The second kappa shape index (κ2) is 66.6. The van der Waals surface area contributed by atoms with Gasteiger partial charge in [0.25, 0.3) is 7.82 Å². The molecule has 0 aromatic carbocycles. The number of carbonyl (C=O) groups excluding carboxylic acids is 2. The Kier molecular flexibility index (Phi) is 64.9. The van der Waals surface area contributed by atoms with Gasteiger partial charge >= 0.3 is 5.97 Å². The Morgan fingerprint density at radius 3 is 1.08 bits per heavy atom. The Labute approximate surface area is 541 Å². The number of nitrogens with zero attached hydrogens (tertiary/aromatic N) is 1. The number of hydrogen-bond acceptors (Lipinski definition) is 7. The van der Waals surface area contributed by atoms with Crippen LogP contribution in [0.2, 0.25) is 0 Å². The summed E-state index contributed by atoms with van der Waals surface area (Å²) in [6, 6.07) is -0.890. The first-order valence-corrected chi connectivity index (χ1v) is 39.1. The normalized spacial score (nSPS) is 13.8. The van der Waals surface area contributed by atoms with E-state index in [0.717, 1.165) is 70.6 Å². The van der Waals surface area contributed by atoms with Crippen LogP contribution in [0.5, 0.6) is 0 Å². The van der Waals surface area contributed by atoms with E-state index in [1.165, 1.54) is 263 Å². The lowest BCUT2D eigenvalue weighted by atomic mass is 10.0. The molecule has 0 bridgehead atoms. The smallest absolute Gasteiger partial charge is 0.306 e. The first kappa shape index (κ1) is 84.7. The number of carbonyl (C=O) groups is 2. The molecule has 1 amide bonds. The van der Waals surface area contributed by atoms with Gasteiger partial charge in [-0.3, -0.25) is 14.2 Å². The molecule has 0 heterocycles. The maximum absolute atomic E-state index is 13.6. The van der Waals surface area contributed by atoms with Gasteiger partial charge in [-0.25, -0.2) is 0 Å². The third-order valence-corrected chi connectivity index (χ3v) is 17.9. The highest BCUT2D eigenvalue weighted by atomic mass is 31.2. The number of unbranched alkanes of at least 4 members (excludes halogenated alkanes) is 45. The Hall–Kier alpha value is -2.29. The fourth-order valence-corrected chi connectivity index (χ4v) is 11.8. The van der Waals surface area contributed by atoms with Crippen LogP contribution in [0.1, 0.15) is 367 Å². The van der Waals surface area contributed by atoms with Gasteiger partial charge in [0.2, 0.25) is 5.91 Å². The fraction of sp³-hybridized carbons (Fsp3) is 0.844. The van der Waals surface area contributed by atoms with Gasteiger partial charge < -0.3 is 28.5 Å². The van der Waals surface area contributed by atoms with Gasteiger partial charge in [0.1, 0.15) is 19.3 Å². The molecule has 0 aliphatic carbocycles. The summed E-state index contributed by atoms with van der Waals surface area (Å²) in [7, 11) is 1.20. The molecule has 0 spiro atoms. The highest BCUT2D eigenvalue weighted by molar-refractivity contribution is 7.45. The van der Waals surface area contributed by atoms with E-state index in [2.05, 4.69) is 74.7 Å². The van der Waals surface area contributed by atoms with Crippen molar-refractivity contribution in [3.05, 3.63) is 60.8 Å². The second-order valence-electron chi connectivity index (χ2n) is 26.8. The molecule has 0 aromatic heterocycles. The van der Waals surface area contributed by atoms with Crippen LogP contribution in [0.25, 0.3) is 0 Å². The van der Waals surface area contributed by atoms with E-state index in [-0.39, 0.29) is 31.5 Å². The maximum atomic E-state index is 13.6. The predicted octanol–water partition coefficient (Wildman–Crippen LogP) is 23.5. The molecule has 87 heavy (non-hydrogen) atoms. The first-order valence-electron chi connectivity index (χ1n) is 37.6. The summed E-state index contributed by atoms with van der Waals surface area (Å²) in [5.74, 6) is -0.527. The van der Waals surface area contributed by atoms with Crippen molar-refractivity contribution in [2.45, 2.75) is 380 Å². The number of rotatable bonds is 69. The molecular formula is C77H145N2O7P. The molecule has 1 N–H and O–H groups in total. The van der Waals surface area contributed by atoms with Crippen molar-refractivity contribution in [3.8, 4) is 0 Å². The van der Waals surface area contributed by atoms with Gasteiger partial charge in [0.15, 0.2) is 0 Å². The molecule has 0 aliphatic heterocycles. The summed E-state index contributed by atoms with van der Waals surface area (Å²) >= 11 is 0. The molecule has 0 saturated heterocycles. The minimum Gasteiger partial charge on any atom is -0.756 e. The summed E-state index contributed by atoms with van der Waals surface area (Å²) in [5, 5.41) is 3.05. The van der Waals surface area contributed by atoms with Crippen LogP contribution >= 0.6 is 7.82 Å². The molecule has 9 nitrogen and oxygen atoms in total. The molecule has 0 radical (unpaired) electrons. The lowest BCUT2D eigenvalue weighted by molar-refractivity contribution is -0.870. The molecular weight excluding hydrogens is 1100 g/mol. The Morgan fingerprint density at radius 1 is 0.402 bits per heavy atom. The van der Waals surface area contributed by atoms with Crippen molar-refractivity contribution in [3.63, 3.8) is 0 Å². The van der Waals surface area contributed by atoms with Gasteiger partial charge in [-0.05, 0) is 96.0 Å². The van der Waals surface area contributed by atoms with Crippen molar-refractivity contribution < 1.29 is 37.3 Å². The highest BCUT2D eigenvalue weighted by Crippen LogP contribution is 2.38. The molecule has 0 saturated carbocycles. The van der Waals surface area contributed by atoms with E-state index in [9.17, 15) is 19.0 Å². The summed E-state index contributed by atoms with van der Waals surface area (Å²) in [6.45, 7) is 6.87. The van der Waals surface area contributed by atoms with Crippen LogP contribution in [-0.4, -0.2) is 69.4 Å². The van der Waals surface area contributed by atoms with Gasteiger partial charge in [0.05, 0.1) is 33.8 Å². The van der Waals surface area contributed by atoms with E-state index in [1.807, 2.05) is 33.3 Å². The third-order valence-electron chi connectivity index (χ3n) is 16.9. The Bertz CT molecular complexity index is 1670. The average molecular weight is 1240 g/mol. The zero-order valence-electron chi connectivity index (χ0n) is 58.5. The van der Waals surface area contributed by atoms with E-state index in [1.54, 1.807) is 0 Å². The van der Waals surface area contributed by atoms with Crippen LogP contribution < -0.4 is 10.2 Å². The maximum Gasteiger partial charge on any atom is 0.306 e. The van der Waals surface area contributed by atoms with Crippen LogP contribution in [0.4, 0.5) is 0 Å². The predicted molar refractivity (Wildman–Crippen MR) is 376 cm³/mol. The van der Waals surface area contributed by atoms with Crippen LogP contribution in [0.3, 0.4) is 0 Å². The van der Waals surface area contributed by atoms with Crippen molar-refractivity contribution in [1.82, 2.24) is 5.32 Å². The van der Waals surface area contributed by atoms with Gasteiger partial charge in [0, 0.05) is 12.8 Å². The summed E-state index contributed by atoms with van der Waals surface area (Å²) in [6.07, 6.45) is 86.3. The summed E-state index contributed by atoms with van der Waals surface area (Å²) < 4.78 is 30.5. The Balaban J connectivity index is 5.02. The van der Waals surface area contributed by atoms with E-state index < -0.39 is 20.0 Å². The number of ether oxygens (including phenoxy) is 1. The molecule has 0 fully saturated rings. The summed E-state index contributed by atoms with van der Waals surface area (Å²) in [4.78, 5) is 40.3. The van der Waals surface area contributed by atoms with E-state index in [0.29, 0.717) is 17.4 Å². The number of phosphoric ester groups is 1. The zero-order valence-corrected chi connectivity index (χ0v) is 59.4. The number of quaternary nitrogens is 1. The number of nitrogens with one attached hydrogen (secondary N) is 1. The number of phosphoric acid groups is 1. The van der Waals surface area contributed by atoms with Crippen molar-refractivity contribution in [2.24, 2.45) is 0 Å². The molecule has 510 valence electrons. The molecule has 0 aromatic rings. The van der Waals surface area contributed by atoms with E-state index in [4.69, 9.17) is 13.8 Å². The third kappa shape index (κ3) is 67.9. The SMILES string of the molecule is CCCCC/C=C\C/C=C\C/C=C\CCCCCCCCCCCCCCCCC(=O)OC(/C=C\CCCCCCCCCCCCC)C(COP(=O)([O-])OCC[N+](C)(C)C)NC(=O)CCCCCCCCCCCCC/C=C/CCCCCCCC. The molecule has 3 unspecified atom stereocenters. The lowest BCUT2D eigenvalue weighted by Gasteiger charge is -2.30. The van der Waals surface area contributed by atoms with Crippen LogP contribution in [0.15, 0.2) is 60.8 Å². The van der Waals surface area contributed by atoms with Crippen LogP contribution in [-0.2, 0) is 27.9 Å². The number of amides is 1. The number of hydrogen-bond donors (Lipinski definition) is 1. The number of allylic oxidation sites excluding steroid dienone is 9. The topological polar surface area (TPSA) is 114 Å². The van der Waals surface area contributed by atoms with Crippen LogP contribution in [0, 0.1) is 0 Å². The van der Waals surface area contributed by atoms with Crippen molar-refractivity contribution in [2.75, 3.05) is 40.9 Å². The van der Waals surface area contributed by atoms with Gasteiger partial charge in [-0.1, -0.05) is 319 Å². The second-order valence-corrected chi connectivity index (χ2v) is 28.2. The van der Waals surface area contributed by atoms with Gasteiger partial charge in [-0.15, -0.1) is 0 Å². The minimum atomic E-state index is -4.71. The number of esters is 1. The summed E-state index contributed by atoms with van der Waals surface area (Å²) in [5.41, 5.74) is 0. The lowest BCUT2D eigenvalue weighted by Crippen LogP contribution is -2.47.